The van der Waals surface area contributed by atoms with Crippen molar-refractivity contribution in [1.82, 2.24) is 0 Å². The lowest BCUT2D eigenvalue weighted by atomic mass is 10.00. The van der Waals surface area contributed by atoms with E-state index in [1.807, 2.05) is 66.7 Å². The van der Waals surface area contributed by atoms with Crippen molar-refractivity contribution in [2.24, 2.45) is 0 Å². The van der Waals surface area contributed by atoms with Crippen molar-refractivity contribution < 1.29 is 9.47 Å². The Morgan fingerprint density at radius 2 is 1.41 bits per heavy atom. The number of methoxy groups -OCH3 is 2. The van der Waals surface area contributed by atoms with Gasteiger partial charge in [0.2, 0.25) is 0 Å². The van der Waals surface area contributed by atoms with E-state index in [1.54, 1.807) is 14.2 Å². The van der Waals surface area contributed by atoms with Crippen molar-refractivity contribution in [3.8, 4) is 11.5 Å². The molecule has 0 aliphatic carbocycles. The lowest BCUT2D eigenvalue weighted by Gasteiger charge is -2.18. The Hall–Kier alpha value is -2.91. The van der Waals surface area contributed by atoms with E-state index in [2.05, 4.69) is 17.4 Å². The molecule has 1 N–H and O–H groups in total. The summed E-state index contributed by atoms with van der Waals surface area (Å²) in [6.45, 7) is 0. The van der Waals surface area contributed by atoms with Crippen molar-refractivity contribution in [2.45, 2.75) is 0 Å². The minimum atomic E-state index is 0.369. The van der Waals surface area contributed by atoms with E-state index < -0.39 is 0 Å². The molecule has 0 amide bonds. The zero-order chi connectivity index (χ0) is 19.1. The van der Waals surface area contributed by atoms with Crippen LogP contribution in [0.2, 0.25) is 0 Å². The van der Waals surface area contributed by atoms with Crippen LogP contribution in [0.1, 0.15) is 11.1 Å². The lowest BCUT2D eigenvalue weighted by molar-refractivity contribution is 0.355. The van der Waals surface area contributed by atoms with E-state index >= 15 is 0 Å². The third-order valence-corrected chi connectivity index (χ3v) is 4.54. The highest BCUT2D eigenvalue weighted by Crippen LogP contribution is 2.34. The first kappa shape index (κ1) is 18.9. The summed E-state index contributed by atoms with van der Waals surface area (Å²) in [5.74, 6) is 1.73. The summed E-state index contributed by atoms with van der Waals surface area (Å²) in [5.41, 5.74) is 4.97. The van der Waals surface area contributed by atoms with Gasteiger partial charge in [-0.25, -0.2) is 0 Å². The summed E-state index contributed by atoms with van der Waals surface area (Å²) >= 11 is 6.39. The number of allylic oxidation sites excluding steroid dienone is 1. The van der Waals surface area contributed by atoms with Gasteiger partial charge in [-0.3, -0.25) is 0 Å². The van der Waals surface area contributed by atoms with Crippen LogP contribution >= 0.6 is 11.6 Å². The molecule has 27 heavy (non-hydrogen) atoms. The molecule has 3 aromatic rings. The van der Waals surface area contributed by atoms with E-state index in [0.717, 1.165) is 28.1 Å². The lowest BCUT2D eigenvalue weighted by Crippen LogP contribution is -2.05. The Labute approximate surface area is 165 Å². The Balaban J connectivity index is 2.17. The van der Waals surface area contributed by atoms with Gasteiger partial charge in [-0.15, -0.1) is 11.6 Å². The summed E-state index contributed by atoms with van der Waals surface area (Å²) in [6.07, 6.45) is 0. The Kier molecular flexibility index (Phi) is 6.39. The van der Waals surface area contributed by atoms with Gasteiger partial charge in [0.25, 0.3) is 0 Å². The minimum Gasteiger partial charge on any atom is -0.493 e. The van der Waals surface area contributed by atoms with Crippen LogP contribution in [0.5, 0.6) is 11.5 Å². The fourth-order valence-corrected chi connectivity index (χ4v) is 3.19. The van der Waals surface area contributed by atoms with Gasteiger partial charge in [-0.05, 0) is 41.5 Å². The molecule has 0 radical (unpaired) electrons. The molecule has 3 nitrogen and oxygen atoms in total. The van der Waals surface area contributed by atoms with E-state index in [-0.39, 0.29) is 0 Å². The van der Waals surface area contributed by atoms with Gasteiger partial charge in [0.15, 0.2) is 11.5 Å². The molecule has 138 valence electrons. The molecular weight excluding hydrogens is 358 g/mol. The van der Waals surface area contributed by atoms with Crippen LogP contribution < -0.4 is 14.8 Å². The molecule has 0 heterocycles. The molecule has 0 bridgehead atoms. The van der Waals surface area contributed by atoms with Crippen LogP contribution in [0.3, 0.4) is 0 Å². The fraction of sp³-hybridized carbons (Fsp3) is 0.130. The maximum Gasteiger partial charge on any atom is 0.161 e. The van der Waals surface area contributed by atoms with Crippen LogP contribution in [0.25, 0.3) is 11.3 Å². The molecule has 0 atom stereocenters. The normalized spacial score (nSPS) is 11.5. The second-order valence-corrected chi connectivity index (χ2v) is 6.18. The summed E-state index contributed by atoms with van der Waals surface area (Å²) in [6, 6.07) is 26.0. The first-order valence-corrected chi connectivity index (χ1v) is 9.19. The van der Waals surface area contributed by atoms with Crippen LogP contribution in [-0.2, 0) is 0 Å². The van der Waals surface area contributed by atoms with Crippen LogP contribution in [-0.4, -0.2) is 20.1 Å². The monoisotopic (exact) mass is 379 g/mol. The molecule has 3 aromatic carbocycles. The summed E-state index contributed by atoms with van der Waals surface area (Å²) < 4.78 is 10.9. The summed E-state index contributed by atoms with van der Waals surface area (Å²) in [4.78, 5) is 0. The maximum atomic E-state index is 6.39. The first-order chi connectivity index (χ1) is 13.3. The number of hydrogen-bond acceptors (Lipinski definition) is 3. The van der Waals surface area contributed by atoms with E-state index in [4.69, 9.17) is 21.1 Å². The zero-order valence-electron chi connectivity index (χ0n) is 15.4. The van der Waals surface area contributed by atoms with Gasteiger partial charge in [0.1, 0.15) is 0 Å². The molecule has 3 rings (SSSR count). The SMILES string of the molecule is COc1ccc(/C(Nc2ccccc2)=C(\CCl)c2ccccc2)cc1OC. The Morgan fingerprint density at radius 1 is 0.778 bits per heavy atom. The molecule has 0 aliphatic heterocycles. The van der Waals surface area contributed by atoms with Crippen molar-refractivity contribution in [3.05, 3.63) is 90.0 Å². The highest BCUT2D eigenvalue weighted by atomic mass is 35.5. The molecular formula is C23H22ClNO2. The van der Waals surface area contributed by atoms with Gasteiger partial charge < -0.3 is 14.8 Å². The maximum absolute atomic E-state index is 6.39. The number of anilines is 1. The molecule has 0 spiro atoms. The van der Waals surface area contributed by atoms with E-state index in [0.29, 0.717) is 17.4 Å². The molecule has 0 saturated carbocycles. The smallest absolute Gasteiger partial charge is 0.161 e. The van der Waals surface area contributed by atoms with Crippen LogP contribution in [0.4, 0.5) is 5.69 Å². The molecule has 0 saturated heterocycles. The predicted molar refractivity (Wildman–Crippen MR) is 114 cm³/mol. The number of alkyl halides is 1. The van der Waals surface area contributed by atoms with Gasteiger partial charge in [-0.2, -0.15) is 0 Å². The second kappa shape index (κ2) is 9.15. The zero-order valence-corrected chi connectivity index (χ0v) is 16.2. The summed E-state index contributed by atoms with van der Waals surface area (Å²) in [7, 11) is 3.26. The number of halogens is 1. The van der Waals surface area contributed by atoms with Gasteiger partial charge in [0.05, 0.1) is 25.8 Å². The molecule has 0 fully saturated rings. The minimum absolute atomic E-state index is 0.369. The predicted octanol–water partition coefficient (Wildman–Crippen LogP) is 5.92. The molecule has 4 heteroatoms. The summed E-state index contributed by atoms with van der Waals surface area (Å²) in [5, 5.41) is 3.53. The van der Waals surface area contributed by atoms with Crippen molar-refractivity contribution in [3.63, 3.8) is 0 Å². The Bertz CT molecular complexity index is 908. The molecule has 0 aromatic heterocycles. The number of benzene rings is 3. The van der Waals surface area contributed by atoms with Crippen molar-refractivity contribution in [1.29, 1.82) is 0 Å². The Morgan fingerprint density at radius 3 is 2.00 bits per heavy atom. The van der Waals surface area contributed by atoms with Gasteiger partial charge >= 0.3 is 0 Å². The topological polar surface area (TPSA) is 30.5 Å². The second-order valence-electron chi connectivity index (χ2n) is 5.91. The quantitative estimate of drug-likeness (QED) is 0.408. The number of rotatable bonds is 7. The van der Waals surface area contributed by atoms with Gasteiger partial charge in [0, 0.05) is 11.3 Å². The fourth-order valence-electron chi connectivity index (χ4n) is 2.91. The van der Waals surface area contributed by atoms with E-state index in [1.165, 1.54) is 0 Å². The number of ether oxygens (including phenoxy) is 2. The standard InChI is InChI=1S/C23H22ClNO2/c1-26-21-14-13-18(15-22(21)27-2)23(25-19-11-7-4-8-12-19)20(16-24)17-9-5-3-6-10-17/h3-15,25H,16H2,1-2H3/b23-20-. The molecule has 0 aliphatic rings. The van der Waals surface area contributed by atoms with Crippen LogP contribution in [0, 0.1) is 0 Å². The third kappa shape index (κ3) is 4.44. The number of para-hydroxylation sites is 1. The molecule has 0 unspecified atom stereocenters. The average Bonchev–Trinajstić information content (AvgIpc) is 2.74. The number of nitrogens with one attached hydrogen (secondary N) is 1. The first-order valence-electron chi connectivity index (χ1n) is 8.65. The van der Waals surface area contributed by atoms with Crippen molar-refractivity contribution >= 4 is 28.6 Å². The largest absolute Gasteiger partial charge is 0.493 e. The third-order valence-electron chi connectivity index (χ3n) is 4.27. The van der Waals surface area contributed by atoms with Crippen LogP contribution in [0.15, 0.2) is 78.9 Å². The van der Waals surface area contributed by atoms with E-state index in [9.17, 15) is 0 Å². The average molecular weight is 380 g/mol. The highest BCUT2D eigenvalue weighted by molar-refractivity contribution is 6.25. The van der Waals surface area contributed by atoms with Crippen molar-refractivity contribution in [2.75, 3.05) is 25.4 Å². The van der Waals surface area contributed by atoms with Gasteiger partial charge in [-0.1, -0.05) is 48.5 Å². The number of hydrogen-bond donors (Lipinski definition) is 1. The highest BCUT2D eigenvalue weighted by Gasteiger charge is 2.14.